The van der Waals surface area contributed by atoms with Gasteiger partial charge in [-0.25, -0.2) is 9.97 Å². The molecule has 0 aliphatic heterocycles. The number of hydrogen-bond donors (Lipinski definition) is 0. The van der Waals surface area contributed by atoms with E-state index in [1.807, 2.05) is 24.3 Å². The highest BCUT2D eigenvalue weighted by Gasteiger charge is 2.00. The topological polar surface area (TPSA) is 44.2 Å². The van der Waals surface area contributed by atoms with Crippen LogP contribution in [0, 0.1) is 0 Å². The van der Waals surface area contributed by atoms with Gasteiger partial charge in [0.25, 0.3) is 0 Å². The van der Waals surface area contributed by atoms with Crippen LogP contribution in [0.2, 0.25) is 0 Å². The third-order valence-corrected chi connectivity index (χ3v) is 2.32. The Morgan fingerprint density at radius 1 is 1.06 bits per heavy atom. The molecule has 16 heavy (non-hydrogen) atoms. The van der Waals surface area contributed by atoms with Crippen LogP contribution in [0.25, 0.3) is 0 Å². The molecule has 0 saturated carbocycles. The number of ether oxygens (including phenoxy) is 2. The summed E-state index contributed by atoms with van der Waals surface area (Å²) in [6.07, 6.45) is 1.43. The van der Waals surface area contributed by atoms with E-state index in [9.17, 15) is 0 Å². The van der Waals surface area contributed by atoms with Gasteiger partial charge in [-0.2, -0.15) is 0 Å². The molecular formula is C11H9BrN2O2. The van der Waals surface area contributed by atoms with E-state index in [1.54, 1.807) is 13.2 Å². The maximum atomic E-state index is 5.52. The van der Waals surface area contributed by atoms with Gasteiger partial charge < -0.3 is 9.47 Å². The van der Waals surface area contributed by atoms with Crippen molar-refractivity contribution in [2.24, 2.45) is 0 Å². The lowest BCUT2D eigenvalue weighted by Gasteiger charge is -2.05. The minimum Gasteiger partial charge on any atom is -0.497 e. The largest absolute Gasteiger partial charge is 0.497 e. The molecule has 4 nitrogen and oxygen atoms in total. The molecule has 0 unspecified atom stereocenters. The third kappa shape index (κ3) is 2.70. The third-order valence-electron chi connectivity index (χ3n) is 1.89. The van der Waals surface area contributed by atoms with Crippen LogP contribution in [-0.4, -0.2) is 17.1 Å². The minimum absolute atomic E-state index is 0.493. The van der Waals surface area contributed by atoms with Gasteiger partial charge in [-0.3, -0.25) is 0 Å². The summed E-state index contributed by atoms with van der Waals surface area (Å²) in [7, 11) is 1.62. The van der Waals surface area contributed by atoms with Gasteiger partial charge in [-0.15, -0.1) is 0 Å². The van der Waals surface area contributed by atoms with E-state index < -0.39 is 0 Å². The van der Waals surface area contributed by atoms with Crippen molar-refractivity contribution in [3.8, 4) is 17.4 Å². The average molecular weight is 281 g/mol. The fourth-order valence-corrected chi connectivity index (χ4v) is 1.43. The van der Waals surface area contributed by atoms with Gasteiger partial charge in [0.1, 0.15) is 22.4 Å². The molecule has 0 amide bonds. The second-order valence-electron chi connectivity index (χ2n) is 2.96. The van der Waals surface area contributed by atoms with Crippen molar-refractivity contribution in [2.75, 3.05) is 7.11 Å². The molecule has 0 N–H and O–H groups in total. The van der Waals surface area contributed by atoms with E-state index in [2.05, 4.69) is 25.9 Å². The van der Waals surface area contributed by atoms with Gasteiger partial charge in [0.15, 0.2) is 0 Å². The van der Waals surface area contributed by atoms with Gasteiger partial charge in [0.05, 0.1) is 7.11 Å². The molecule has 0 radical (unpaired) electrons. The van der Waals surface area contributed by atoms with Gasteiger partial charge >= 0.3 is 0 Å². The van der Waals surface area contributed by atoms with Gasteiger partial charge in [-0.1, -0.05) is 0 Å². The summed E-state index contributed by atoms with van der Waals surface area (Å²) in [5, 5.41) is 0. The summed E-state index contributed by atoms with van der Waals surface area (Å²) < 4.78 is 11.3. The predicted molar refractivity (Wildman–Crippen MR) is 62.8 cm³/mol. The quantitative estimate of drug-likeness (QED) is 0.811. The van der Waals surface area contributed by atoms with E-state index in [1.165, 1.54) is 6.33 Å². The van der Waals surface area contributed by atoms with Crippen LogP contribution in [0.3, 0.4) is 0 Å². The number of methoxy groups -OCH3 is 1. The first-order valence-corrected chi connectivity index (χ1v) is 5.36. The normalized spacial score (nSPS) is 9.88. The van der Waals surface area contributed by atoms with Crippen molar-refractivity contribution in [3.63, 3.8) is 0 Å². The lowest BCUT2D eigenvalue weighted by molar-refractivity contribution is 0.412. The molecule has 0 aliphatic carbocycles. The Morgan fingerprint density at radius 3 is 2.38 bits per heavy atom. The summed E-state index contributed by atoms with van der Waals surface area (Å²) >= 11 is 3.25. The fraction of sp³-hybridized carbons (Fsp3) is 0.0909. The molecule has 5 heteroatoms. The van der Waals surface area contributed by atoms with Crippen molar-refractivity contribution >= 4 is 15.9 Å². The van der Waals surface area contributed by atoms with E-state index in [-0.39, 0.29) is 0 Å². The smallest absolute Gasteiger partial charge is 0.223 e. The zero-order valence-corrected chi connectivity index (χ0v) is 10.1. The van der Waals surface area contributed by atoms with Crippen LogP contribution < -0.4 is 9.47 Å². The maximum absolute atomic E-state index is 5.52. The molecule has 0 bridgehead atoms. The Hall–Kier alpha value is -1.62. The second kappa shape index (κ2) is 4.94. The monoisotopic (exact) mass is 280 g/mol. The molecule has 1 aromatic heterocycles. The maximum Gasteiger partial charge on any atom is 0.223 e. The van der Waals surface area contributed by atoms with Crippen LogP contribution in [0.15, 0.2) is 41.3 Å². The Labute approximate surface area is 101 Å². The van der Waals surface area contributed by atoms with E-state index in [0.717, 1.165) is 5.75 Å². The number of halogens is 1. The number of benzene rings is 1. The van der Waals surface area contributed by atoms with Crippen LogP contribution in [0.1, 0.15) is 0 Å². The molecule has 1 aromatic carbocycles. The molecular weight excluding hydrogens is 272 g/mol. The average Bonchev–Trinajstić information content (AvgIpc) is 2.30. The standard InChI is InChI=1S/C11H9BrN2O2/c1-15-8-2-4-9(5-3-8)16-11-6-10(12)13-7-14-11/h2-7H,1H3. The van der Waals surface area contributed by atoms with Crippen LogP contribution in [-0.2, 0) is 0 Å². The number of aromatic nitrogens is 2. The van der Waals surface area contributed by atoms with Crippen molar-refractivity contribution in [2.45, 2.75) is 0 Å². The zero-order valence-electron chi connectivity index (χ0n) is 8.55. The highest BCUT2D eigenvalue weighted by atomic mass is 79.9. The lowest BCUT2D eigenvalue weighted by Crippen LogP contribution is -1.89. The van der Waals surface area contributed by atoms with Crippen LogP contribution in [0.4, 0.5) is 0 Å². The molecule has 0 aliphatic rings. The van der Waals surface area contributed by atoms with Crippen LogP contribution in [0.5, 0.6) is 17.4 Å². The van der Waals surface area contributed by atoms with Gasteiger partial charge in [0.2, 0.25) is 5.88 Å². The first kappa shape index (κ1) is 10.9. The molecule has 82 valence electrons. The molecule has 0 atom stereocenters. The molecule has 2 rings (SSSR count). The van der Waals surface area contributed by atoms with E-state index in [0.29, 0.717) is 16.2 Å². The first-order chi connectivity index (χ1) is 7.78. The summed E-state index contributed by atoms with van der Waals surface area (Å²) in [5.74, 6) is 1.98. The Kier molecular flexibility index (Phi) is 3.36. The fourth-order valence-electron chi connectivity index (χ4n) is 1.14. The number of hydrogen-bond acceptors (Lipinski definition) is 4. The SMILES string of the molecule is COc1ccc(Oc2cc(Br)ncn2)cc1. The highest BCUT2D eigenvalue weighted by Crippen LogP contribution is 2.23. The summed E-state index contributed by atoms with van der Waals surface area (Å²) in [4.78, 5) is 7.90. The molecule has 0 saturated heterocycles. The van der Waals surface area contributed by atoms with E-state index >= 15 is 0 Å². The van der Waals surface area contributed by atoms with Crippen molar-refractivity contribution < 1.29 is 9.47 Å². The zero-order chi connectivity index (χ0) is 11.4. The van der Waals surface area contributed by atoms with Gasteiger partial charge in [0, 0.05) is 6.07 Å². The number of nitrogens with zero attached hydrogens (tertiary/aromatic N) is 2. The molecule has 0 fully saturated rings. The second-order valence-corrected chi connectivity index (χ2v) is 3.77. The molecule has 1 heterocycles. The molecule has 2 aromatic rings. The highest BCUT2D eigenvalue weighted by molar-refractivity contribution is 9.10. The van der Waals surface area contributed by atoms with Crippen LogP contribution >= 0.6 is 15.9 Å². The summed E-state index contributed by atoms with van der Waals surface area (Å²) in [6, 6.07) is 8.98. The Balaban J connectivity index is 2.14. The Bertz CT molecular complexity index is 474. The van der Waals surface area contributed by atoms with E-state index in [4.69, 9.17) is 9.47 Å². The van der Waals surface area contributed by atoms with Gasteiger partial charge in [-0.05, 0) is 40.2 Å². The molecule has 0 spiro atoms. The van der Waals surface area contributed by atoms with Crippen molar-refractivity contribution in [1.82, 2.24) is 9.97 Å². The number of rotatable bonds is 3. The minimum atomic E-state index is 0.493. The first-order valence-electron chi connectivity index (χ1n) is 4.57. The predicted octanol–water partition coefficient (Wildman–Crippen LogP) is 3.04. The summed E-state index contributed by atoms with van der Waals surface area (Å²) in [6.45, 7) is 0. The van der Waals surface area contributed by atoms with Crippen molar-refractivity contribution in [3.05, 3.63) is 41.3 Å². The summed E-state index contributed by atoms with van der Waals surface area (Å²) in [5.41, 5.74) is 0. The lowest BCUT2D eigenvalue weighted by atomic mass is 10.3. The Morgan fingerprint density at radius 2 is 1.75 bits per heavy atom. The van der Waals surface area contributed by atoms with Crippen molar-refractivity contribution in [1.29, 1.82) is 0 Å².